The lowest BCUT2D eigenvalue weighted by atomic mass is 10.2. The van der Waals surface area contributed by atoms with Gasteiger partial charge < -0.3 is 10.1 Å². The van der Waals surface area contributed by atoms with E-state index in [0.29, 0.717) is 5.75 Å². The Kier molecular flexibility index (Phi) is 5.35. The lowest BCUT2D eigenvalue weighted by Crippen LogP contribution is -2.11. The molecule has 4 aromatic rings. The number of anilines is 2. The summed E-state index contributed by atoms with van der Waals surface area (Å²) in [6.45, 7) is 0. The highest BCUT2D eigenvalue weighted by Gasteiger charge is 2.09. The molecule has 0 aliphatic rings. The van der Waals surface area contributed by atoms with Crippen LogP contribution >= 0.6 is 11.3 Å². The second-order valence-electron chi connectivity index (χ2n) is 5.91. The number of hydrogen-bond donors (Lipinski definition) is 1. The first-order valence-corrected chi connectivity index (χ1v) is 9.48. The fourth-order valence-electron chi connectivity index (χ4n) is 2.56. The second kappa shape index (κ2) is 8.41. The smallest absolute Gasteiger partial charge is 0.315 e. The lowest BCUT2D eigenvalue weighted by molar-refractivity contribution is -0.133. The molecule has 0 radical (unpaired) electrons. The van der Waals surface area contributed by atoms with Gasteiger partial charge in [-0.05, 0) is 42.0 Å². The number of carbonyl (C=O) groups excluding carboxylic acids is 1. The van der Waals surface area contributed by atoms with Crippen molar-refractivity contribution >= 4 is 28.1 Å². The summed E-state index contributed by atoms with van der Waals surface area (Å²) < 4.78 is 5.44. The Labute approximate surface area is 165 Å². The summed E-state index contributed by atoms with van der Waals surface area (Å²) in [6.07, 6.45) is 5.24. The molecule has 3 heterocycles. The summed E-state index contributed by atoms with van der Waals surface area (Å²) in [4.78, 5) is 24.9. The molecule has 6 nitrogen and oxygen atoms in total. The number of aromatic nitrogens is 3. The fraction of sp³-hybridized carbons (Fsp3) is 0.0476. The lowest BCUT2D eigenvalue weighted by Gasteiger charge is -2.07. The van der Waals surface area contributed by atoms with Gasteiger partial charge in [-0.2, -0.15) is 0 Å². The van der Waals surface area contributed by atoms with Crippen LogP contribution in [-0.4, -0.2) is 20.9 Å². The average molecular weight is 388 g/mol. The van der Waals surface area contributed by atoms with Crippen molar-refractivity contribution in [1.82, 2.24) is 15.0 Å². The Hall–Kier alpha value is -3.58. The van der Waals surface area contributed by atoms with Crippen molar-refractivity contribution in [3.8, 4) is 17.1 Å². The fourth-order valence-corrected chi connectivity index (χ4v) is 3.28. The largest absolute Gasteiger partial charge is 0.426 e. The first-order valence-electron chi connectivity index (χ1n) is 8.60. The first kappa shape index (κ1) is 17.8. The monoisotopic (exact) mass is 388 g/mol. The summed E-state index contributed by atoms with van der Waals surface area (Å²) in [5.74, 6) is 0.153. The van der Waals surface area contributed by atoms with E-state index in [1.54, 1.807) is 42.9 Å². The van der Waals surface area contributed by atoms with E-state index in [-0.39, 0.29) is 12.4 Å². The van der Waals surface area contributed by atoms with Crippen molar-refractivity contribution in [2.75, 3.05) is 5.32 Å². The van der Waals surface area contributed by atoms with Crippen LogP contribution in [0, 0.1) is 0 Å². The third-order valence-electron chi connectivity index (χ3n) is 3.85. The molecule has 0 spiro atoms. The third kappa shape index (κ3) is 4.57. The number of thiazole rings is 1. The number of carbonyl (C=O) groups is 1. The molecule has 28 heavy (non-hydrogen) atoms. The van der Waals surface area contributed by atoms with Gasteiger partial charge in [-0.1, -0.05) is 12.1 Å². The molecule has 138 valence electrons. The summed E-state index contributed by atoms with van der Waals surface area (Å²) in [5, 5.41) is 5.92. The van der Waals surface area contributed by atoms with Crippen molar-refractivity contribution in [3.05, 3.63) is 84.1 Å². The minimum Gasteiger partial charge on any atom is -0.426 e. The molecule has 0 saturated heterocycles. The van der Waals surface area contributed by atoms with Crippen LogP contribution in [0.2, 0.25) is 0 Å². The Bertz CT molecular complexity index is 1070. The maximum atomic E-state index is 12.1. The number of rotatable bonds is 6. The van der Waals surface area contributed by atoms with Crippen LogP contribution in [0.5, 0.6) is 5.75 Å². The molecule has 0 aliphatic carbocycles. The molecule has 0 bridgehead atoms. The molecule has 0 aliphatic heterocycles. The Morgan fingerprint density at radius 1 is 1.00 bits per heavy atom. The predicted molar refractivity (Wildman–Crippen MR) is 109 cm³/mol. The standard InChI is InChI=1S/C21H16N4O2S/c26-20(12-15-7-10-22-11-8-15)27-17-5-3-4-16(13-17)24-21-25-19(14-28-21)18-6-1-2-9-23-18/h1-11,13-14H,12H2,(H,24,25). The predicted octanol–water partition coefficient (Wildman–Crippen LogP) is 4.49. The van der Waals surface area contributed by atoms with Gasteiger partial charge in [-0.3, -0.25) is 14.8 Å². The van der Waals surface area contributed by atoms with Crippen molar-refractivity contribution in [3.63, 3.8) is 0 Å². The van der Waals surface area contributed by atoms with E-state index in [0.717, 1.165) is 27.8 Å². The van der Waals surface area contributed by atoms with Gasteiger partial charge in [-0.15, -0.1) is 11.3 Å². The van der Waals surface area contributed by atoms with Gasteiger partial charge in [0.2, 0.25) is 0 Å². The van der Waals surface area contributed by atoms with Gasteiger partial charge in [0.15, 0.2) is 5.13 Å². The van der Waals surface area contributed by atoms with Crippen molar-refractivity contribution in [1.29, 1.82) is 0 Å². The van der Waals surface area contributed by atoms with E-state index in [9.17, 15) is 4.79 Å². The molecule has 3 aromatic heterocycles. The van der Waals surface area contributed by atoms with E-state index < -0.39 is 0 Å². The first-order chi connectivity index (χ1) is 13.8. The molecule has 0 fully saturated rings. The van der Waals surface area contributed by atoms with Gasteiger partial charge in [0, 0.05) is 35.7 Å². The molecule has 7 heteroatoms. The Balaban J connectivity index is 1.41. The van der Waals surface area contributed by atoms with E-state index in [1.165, 1.54) is 11.3 Å². The molecule has 1 aromatic carbocycles. The van der Waals surface area contributed by atoms with Gasteiger partial charge >= 0.3 is 5.97 Å². The maximum Gasteiger partial charge on any atom is 0.315 e. The number of hydrogen-bond acceptors (Lipinski definition) is 7. The van der Waals surface area contributed by atoms with Gasteiger partial charge in [0.25, 0.3) is 0 Å². The summed E-state index contributed by atoms with van der Waals surface area (Å²) in [6, 6.07) is 16.5. The molecule has 0 atom stereocenters. The summed E-state index contributed by atoms with van der Waals surface area (Å²) in [5.41, 5.74) is 3.29. The van der Waals surface area contributed by atoms with Gasteiger partial charge in [-0.25, -0.2) is 4.98 Å². The minimum atomic E-state index is -0.324. The van der Waals surface area contributed by atoms with Crippen LogP contribution in [0.25, 0.3) is 11.4 Å². The van der Waals surface area contributed by atoms with Crippen LogP contribution in [0.1, 0.15) is 5.56 Å². The number of nitrogens with one attached hydrogen (secondary N) is 1. The van der Waals surface area contributed by atoms with Gasteiger partial charge in [0.05, 0.1) is 12.1 Å². The van der Waals surface area contributed by atoms with Crippen LogP contribution in [0.4, 0.5) is 10.8 Å². The van der Waals surface area contributed by atoms with E-state index in [1.807, 2.05) is 35.7 Å². The summed E-state index contributed by atoms with van der Waals surface area (Å²) in [7, 11) is 0. The maximum absolute atomic E-state index is 12.1. The molecule has 4 rings (SSSR count). The molecule has 0 amide bonds. The highest BCUT2D eigenvalue weighted by atomic mass is 32.1. The zero-order chi connectivity index (χ0) is 19.2. The topological polar surface area (TPSA) is 77.0 Å². The summed E-state index contributed by atoms with van der Waals surface area (Å²) >= 11 is 1.48. The zero-order valence-corrected chi connectivity index (χ0v) is 15.6. The normalized spacial score (nSPS) is 10.4. The van der Waals surface area contributed by atoms with E-state index in [2.05, 4.69) is 20.3 Å². The highest BCUT2D eigenvalue weighted by Crippen LogP contribution is 2.27. The van der Waals surface area contributed by atoms with E-state index in [4.69, 9.17) is 4.74 Å². The quantitative estimate of drug-likeness (QED) is 0.387. The molecule has 0 unspecified atom stereocenters. The molecule has 0 saturated carbocycles. The highest BCUT2D eigenvalue weighted by molar-refractivity contribution is 7.14. The van der Waals surface area contributed by atoms with Crippen molar-refractivity contribution < 1.29 is 9.53 Å². The van der Waals surface area contributed by atoms with Crippen molar-refractivity contribution in [2.45, 2.75) is 6.42 Å². The van der Waals surface area contributed by atoms with Crippen molar-refractivity contribution in [2.24, 2.45) is 0 Å². The number of benzene rings is 1. The molecule has 1 N–H and O–H groups in total. The average Bonchev–Trinajstić information content (AvgIpc) is 3.18. The second-order valence-corrected chi connectivity index (χ2v) is 6.77. The van der Waals surface area contributed by atoms with Gasteiger partial charge in [0.1, 0.15) is 11.4 Å². The zero-order valence-electron chi connectivity index (χ0n) is 14.8. The minimum absolute atomic E-state index is 0.195. The molecular formula is C21H16N4O2S. The third-order valence-corrected chi connectivity index (χ3v) is 4.60. The van der Waals surface area contributed by atoms with Crippen LogP contribution in [0.15, 0.2) is 78.6 Å². The number of nitrogens with zero attached hydrogens (tertiary/aromatic N) is 3. The van der Waals surface area contributed by atoms with Crippen LogP contribution < -0.4 is 10.1 Å². The molecular weight excluding hydrogens is 372 g/mol. The number of pyridine rings is 2. The number of esters is 1. The van der Waals surface area contributed by atoms with E-state index >= 15 is 0 Å². The SMILES string of the molecule is O=C(Cc1ccncc1)Oc1cccc(Nc2nc(-c3ccccn3)cs2)c1. The van der Waals surface area contributed by atoms with Crippen LogP contribution in [-0.2, 0) is 11.2 Å². The van der Waals surface area contributed by atoms with Crippen LogP contribution in [0.3, 0.4) is 0 Å². The Morgan fingerprint density at radius 2 is 1.89 bits per heavy atom. The number of ether oxygens (including phenoxy) is 1. The Morgan fingerprint density at radius 3 is 2.71 bits per heavy atom.